The molecule has 150 valence electrons. The summed E-state index contributed by atoms with van der Waals surface area (Å²) in [5, 5.41) is 3.07. The minimum atomic E-state index is 0.00988. The predicted molar refractivity (Wildman–Crippen MR) is 114 cm³/mol. The van der Waals surface area contributed by atoms with Gasteiger partial charge in [-0.05, 0) is 44.1 Å². The van der Waals surface area contributed by atoms with Crippen LogP contribution in [0, 0.1) is 13.8 Å². The lowest BCUT2D eigenvalue weighted by atomic mass is 10.1. The van der Waals surface area contributed by atoms with Crippen LogP contribution in [0.3, 0.4) is 0 Å². The maximum atomic E-state index is 12.5. The highest BCUT2D eigenvalue weighted by Crippen LogP contribution is 2.20. The normalized spacial score (nSPS) is 16.2. The first-order valence-electron chi connectivity index (χ1n) is 9.91. The van der Waals surface area contributed by atoms with Gasteiger partial charge in [-0.15, -0.1) is 11.8 Å². The van der Waals surface area contributed by atoms with E-state index in [1.54, 1.807) is 11.8 Å². The molecule has 1 aliphatic rings. The first kappa shape index (κ1) is 21.8. The monoisotopic (exact) mass is 391 g/mol. The molecule has 1 heterocycles. The molecule has 1 saturated heterocycles. The van der Waals surface area contributed by atoms with Crippen LogP contribution in [0.4, 0.5) is 5.69 Å². The van der Waals surface area contributed by atoms with E-state index in [-0.39, 0.29) is 17.1 Å². The van der Waals surface area contributed by atoms with Gasteiger partial charge in [0.25, 0.3) is 0 Å². The number of anilines is 1. The van der Waals surface area contributed by atoms with Crippen LogP contribution < -0.4 is 5.32 Å². The molecule has 5 nitrogen and oxygen atoms in total. The Morgan fingerprint density at radius 3 is 2.37 bits per heavy atom. The molecule has 2 amide bonds. The van der Waals surface area contributed by atoms with E-state index < -0.39 is 0 Å². The number of unbranched alkanes of at least 4 members (excludes halogenated alkanes) is 1. The third kappa shape index (κ3) is 6.54. The SMILES string of the molecule is CCCCSC(C)C(=O)N1CCN(CC(=O)Nc2c(C)cccc2C)CC1. The van der Waals surface area contributed by atoms with Gasteiger partial charge in [0.1, 0.15) is 0 Å². The highest BCUT2D eigenvalue weighted by Gasteiger charge is 2.25. The van der Waals surface area contributed by atoms with Gasteiger partial charge in [0.05, 0.1) is 11.8 Å². The summed E-state index contributed by atoms with van der Waals surface area (Å²) in [4.78, 5) is 29.0. The molecule has 0 radical (unpaired) electrons. The zero-order chi connectivity index (χ0) is 19.8. The fourth-order valence-corrected chi connectivity index (χ4v) is 4.35. The van der Waals surface area contributed by atoms with Crippen molar-refractivity contribution in [3.05, 3.63) is 29.3 Å². The standard InChI is InChI=1S/C21H33N3O2S/c1-5-6-14-27-18(4)21(26)24-12-10-23(11-13-24)15-19(25)22-20-16(2)8-7-9-17(20)3/h7-9,18H,5-6,10-15H2,1-4H3,(H,22,25). The van der Waals surface area contributed by atoms with Crippen LogP contribution in [0.2, 0.25) is 0 Å². The summed E-state index contributed by atoms with van der Waals surface area (Å²) >= 11 is 1.75. The fraction of sp³-hybridized carbons (Fsp3) is 0.619. The smallest absolute Gasteiger partial charge is 0.238 e. The number of hydrogen-bond acceptors (Lipinski definition) is 4. The minimum absolute atomic E-state index is 0.00988. The molecule has 2 rings (SSSR count). The molecule has 1 N–H and O–H groups in total. The van der Waals surface area contributed by atoms with Crippen LogP contribution in [0.1, 0.15) is 37.8 Å². The van der Waals surface area contributed by atoms with Gasteiger partial charge in [-0.3, -0.25) is 14.5 Å². The molecule has 1 aromatic carbocycles. The van der Waals surface area contributed by atoms with Gasteiger partial charge < -0.3 is 10.2 Å². The van der Waals surface area contributed by atoms with Crippen molar-refractivity contribution in [2.75, 3.05) is 43.8 Å². The van der Waals surface area contributed by atoms with Gasteiger partial charge in [0, 0.05) is 31.9 Å². The lowest BCUT2D eigenvalue weighted by Gasteiger charge is -2.35. The van der Waals surface area contributed by atoms with E-state index in [0.717, 1.165) is 48.5 Å². The van der Waals surface area contributed by atoms with Crippen molar-refractivity contribution >= 4 is 29.3 Å². The summed E-state index contributed by atoms with van der Waals surface area (Å²) in [6, 6.07) is 6.01. The van der Waals surface area contributed by atoms with Crippen LogP contribution >= 0.6 is 11.8 Å². The zero-order valence-corrected chi connectivity index (χ0v) is 17.9. The van der Waals surface area contributed by atoms with Crippen molar-refractivity contribution in [1.82, 2.24) is 9.80 Å². The molecule has 6 heteroatoms. The van der Waals surface area contributed by atoms with Crippen LogP contribution in [-0.2, 0) is 9.59 Å². The van der Waals surface area contributed by atoms with Crippen molar-refractivity contribution in [3.8, 4) is 0 Å². The number of nitrogens with zero attached hydrogens (tertiary/aromatic N) is 2. The fourth-order valence-electron chi connectivity index (χ4n) is 3.25. The van der Waals surface area contributed by atoms with Crippen molar-refractivity contribution in [2.24, 2.45) is 0 Å². The number of nitrogens with one attached hydrogen (secondary N) is 1. The first-order valence-corrected chi connectivity index (χ1v) is 11.0. The van der Waals surface area contributed by atoms with Gasteiger partial charge in [0.2, 0.25) is 11.8 Å². The maximum absolute atomic E-state index is 12.5. The summed E-state index contributed by atoms with van der Waals surface area (Å²) in [6.07, 6.45) is 2.32. The molecule has 1 unspecified atom stereocenters. The van der Waals surface area contributed by atoms with E-state index >= 15 is 0 Å². The molecule has 0 saturated carbocycles. The van der Waals surface area contributed by atoms with Crippen molar-refractivity contribution in [2.45, 2.75) is 45.8 Å². The number of piperazine rings is 1. The van der Waals surface area contributed by atoms with E-state index in [1.807, 2.05) is 43.9 Å². The third-order valence-electron chi connectivity index (χ3n) is 5.01. The van der Waals surface area contributed by atoms with Gasteiger partial charge in [-0.25, -0.2) is 0 Å². The zero-order valence-electron chi connectivity index (χ0n) is 17.1. The molecular weight excluding hydrogens is 358 g/mol. The number of carbonyl (C=O) groups is 2. The Labute approximate surface area is 167 Å². The molecular formula is C21H33N3O2S. The molecule has 0 bridgehead atoms. The van der Waals surface area contributed by atoms with Crippen molar-refractivity contribution in [3.63, 3.8) is 0 Å². The lowest BCUT2D eigenvalue weighted by molar-refractivity contribution is -0.132. The Morgan fingerprint density at radius 2 is 1.78 bits per heavy atom. The second-order valence-corrected chi connectivity index (χ2v) is 8.73. The molecule has 1 aromatic rings. The molecule has 1 fully saturated rings. The Hall–Kier alpha value is -1.53. The number of benzene rings is 1. The minimum Gasteiger partial charge on any atom is -0.339 e. The molecule has 27 heavy (non-hydrogen) atoms. The second kappa shape index (κ2) is 10.7. The first-order chi connectivity index (χ1) is 12.9. The van der Waals surface area contributed by atoms with Crippen molar-refractivity contribution in [1.29, 1.82) is 0 Å². The summed E-state index contributed by atoms with van der Waals surface area (Å²) in [6.45, 7) is 11.5. The van der Waals surface area contributed by atoms with E-state index in [0.29, 0.717) is 19.6 Å². The van der Waals surface area contributed by atoms with E-state index in [4.69, 9.17) is 0 Å². The molecule has 0 aromatic heterocycles. The molecule has 1 atom stereocenters. The Kier molecular flexibility index (Phi) is 8.64. The number of hydrogen-bond donors (Lipinski definition) is 1. The summed E-state index contributed by atoms with van der Waals surface area (Å²) in [5.74, 6) is 1.29. The summed E-state index contributed by atoms with van der Waals surface area (Å²) in [7, 11) is 0. The van der Waals surface area contributed by atoms with Gasteiger partial charge in [-0.2, -0.15) is 0 Å². The van der Waals surface area contributed by atoms with Crippen LogP contribution in [-0.4, -0.2) is 65.3 Å². The highest BCUT2D eigenvalue weighted by molar-refractivity contribution is 8.00. The molecule has 0 aliphatic carbocycles. The summed E-state index contributed by atoms with van der Waals surface area (Å²) in [5.41, 5.74) is 3.07. The lowest BCUT2D eigenvalue weighted by Crippen LogP contribution is -2.52. The highest BCUT2D eigenvalue weighted by atomic mass is 32.2. The van der Waals surface area contributed by atoms with E-state index in [9.17, 15) is 9.59 Å². The predicted octanol–water partition coefficient (Wildman–Crippen LogP) is 3.31. The largest absolute Gasteiger partial charge is 0.339 e. The quantitative estimate of drug-likeness (QED) is 0.691. The van der Waals surface area contributed by atoms with Gasteiger partial charge in [0.15, 0.2) is 0 Å². The average Bonchev–Trinajstić information content (AvgIpc) is 2.65. The average molecular weight is 392 g/mol. The number of amides is 2. The van der Waals surface area contributed by atoms with Gasteiger partial charge in [-0.1, -0.05) is 31.5 Å². The molecule has 0 spiro atoms. The van der Waals surface area contributed by atoms with Crippen LogP contribution in [0.5, 0.6) is 0 Å². The van der Waals surface area contributed by atoms with E-state index in [1.165, 1.54) is 0 Å². The Bertz CT molecular complexity index is 622. The Balaban J connectivity index is 1.77. The maximum Gasteiger partial charge on any atom is 0.238 e. The number of aryl methyl sites for hydroxylation is 2. The second-order valence-electron chi connectivity index (χ2n) is 7.28. The third-order valence-corrected chi connectivity index (χ3v) is 6.24. The number of thioether (sulfide) groups is 1. The number of carbonyl (C=O) groups excluding carboxylic acids is 2. The Morgan fingerprint density at radius 1 is 1.15 bits per heavy atom. The summed E-state index contributed by atoms with van der Waals surface area (Å²) < 4.78 is 0. The van der Waals surface area contributed by atoms with Gasteiger partial charge >= 0.3 is 0 Å². The number of para-hydroxylation sites is 1. The van der Waals surface area contributed by atoms with Crippen molar-refractivity contribution < 1.29 is 9.59 Å². The topological polar surface area (TPSA) is 52.7 Å². The van der Waals surface area contributed by atoms with E-state index in [2.05, 4.69) is 17.1 Å². The molecule has 1 aliphatic heterocycles. The number of rotatable bonds is 8. The van der Waals surface area contributed by atoms with Crippen LogP contribution in [0.25, 0.3) is 0 Å². The van der Waals surface area contributed by atoms with Crippen LogP contribution in [0.15, 0.2) is 18.2 Å².